The predicted octanol–water partition coefficient (Wildman–Crippen LogP) is 2.50. The van der Waals surface area contributed by atoms with Crippen LogP contribution in [0.25, 0.3) is 0 Å². The number of rotatable bonds is 2. The minimum Gasteiger partial charge on any atom is -0.468 e. The number of carbonyl (C=O) groups excluding carboxylic acids is 1. The van der Waals surface area contributed by atoms with Crippen molar-refractivity contribution >= 4 is 5.97 Å². The normalized spacial score (nSPS) is 18.6. The van der Waals surface area contributed by atoms with E-state index in [4.69, 9.17) is 4.74 Å². The number of piperidine rings is 1. The second kappa shape index (κ2) is 5.44. The molecule has 1 fully saturated rings. The number of halogens is 3. The van der Waals surface area contributed by atoms with Crippen LogP contribution in [-0.4, -0.2) is 26.2 Å². The average Bonchev–Trinajstić information content (AvgIpc) is 2.46. The molecule has 0 spiro atoms. The minimum absolute atomic E-state index is 0.376. The SMILES string of the molecule is COC(=O)C1(c2cccc(C(F)(F)F)c2)CCNCC1. The van der Waals surface area contributed by atoms with Gasteiger partial charge in [-0.2, -0.15) is 13.2 Å². The Balaban J connectivity index is 2.47. The fourth-order valence-corrected chi connectivity index (χ4v) is 2.65. The number of alkyl halides is 3. The standard InChI is InChI=1S/C14H16F3NO2/c1-20-12(19)13(5-7-18-8-6-13)10-3-2-4-11(9-10)14(15,16)17/h2-4,9,18H,5-8H2,1H3. The molecule has 0 unspecified atom stereocenters. The Kier molecular flexibility index (Phi) is 4.04. The first-order chi connectivity index (χ1) is 9.40. The maximum Gasteiger partial charge on any atom is 0.416 e. The van der Waals surface area contributed by atoms with Gasteiger partial charge in [-0.05, 0) is 37.6 Å². The van der Waals surface area contributed by atoms with Crippen molar-refractivity contribution in [3.63, 3.8) is 0 Å². The summed E-state index contributed by atoms with van der Waals surface area (Å²) in [5.74, 6) is -0.474. The summed E-state index contributed by atoms with van der Waals surface area (Å²) in [7, 11) is 1.26. The van der Waals surface area contributed by atoms with Gasteiger partial charge in [-0.3, -0.25) is 4.79 Å². The van der Waals surface area contributed by atoms with Gasteiger partial charge >= 0.3 is 12.1 Å². The van der Waals surface area contributed by atoms with Gasteiger partial charge in [0.05, 0.1) is 18.1 Å². The molecule has 1 saturated heterocycles. The quantitative estimate of drug-likeness (QED) is 0.849. The molecule has 1 aliphatic heterocycles. The van der Waals surface area contributed by atoms with Gasteiger partial charge < -0.3 is 10.1 Å². The molecule has 0 aliphatic carbocycles. The van der Waals surface area contributed by atoms with Crippen LogP contribution in [0, 0.1) is 0 Å². The van der Waals surface area contributed by atoms with Gasteiger partial charge in [-0.25, -0.2) is 0 Å². The lowest BCUT2D eigenvalue weighted by Gasteiger charge is -2.35. The van der Waals surface area contributed by atoms with Crippen LogP contribution in [0.1, 0.15) is 24.0 Å². The molecular formula is C14H16F3NO2. The number of ether oxygens (including phenoxy) is 1. The van der Waals surface area contributed by atoms with E-state index in [0.29, 0.717) is 31.5 Å². The minimum atomic E-state index is -4.42. The summed E-state index contributed by atoms with van der Waals surface area (Å²) in [5.41, 5.74) is -1.35. The Hall–Kier alpha value is -1.56. The molecule has 0 atom stereocenters. The van der Waals surface area contributed by atoms with Crippen LogP contribution in [0.15, 0.2) is 24.3 Å². The molecule has 6 heteroatoms. The molecule has 1 heterocycles. The number of nitrogens with one attached hydrogen (secondary N) is 1. The van der Waals surface area contributed by atoms with Crippen molar-refractivity contribution in [2.45, 2.75) is 24.4 Å². The van der Waals surface area contributed by atoms with Crippen molar-refractivity contribution in [2.24, 2.45) is 0 Å². The maximum absolute atomic E-state index is 12.8. The van der Waals surface area contributed by atoms with Crippen LogP contribution in [0.4, 0.5) is 13.2 Å². The average molecular weight is 287 g/mol. The van der Waals surface area contributed by atoms with Crippen molar-refractivity contribution in [1.82, 2.24) is 5.32 Å². The van der Waals surface area contributed by atoms with Gasteiger partial charge in [0.25, 0.3) is 0 Å². The molecule has 1 aromatic rings. The Bertz CT molecular complexity index is 493. The zero-order valence-corrected chi connectivity index (χ0v) is 11.1. The molecule has 1 N–H and O–H groups in total. The van der Waals surface area contributed by atoms with Crippen LogP contribution in [0.2, 0.25) is 0 Å². The Morgan fingerprint density at radius 2 is 1.95 bits per heavy atom. The first kappa shape index (κ1) is 14.8. The van der Waals surface area contributed by atoms with Gasteiger partial charge in [0.2, 0.25) is 0 Å². The smallest absolute Gasteiger partial charge is 0.416 e. The van der Waals surface area contributed by atoms with E-state index in [1.807, 2.05) is 0 Å². The zero-order chi connectivity index (χ0) is 14.8. The van der Waals surface area contributed by atoms with Gasteiger partial charge in [0.15, 0.2) is 0 Å². The largest absolute Gasteiger partial charge is 0.468 e. The highest BCUT2D eigenvalue weighted by Gasteiger charge is 2.43. The lowest BCUT2D eigenvalue weighted by Crippen LogP contribution is -2.46. The van der Waals surface area contributed by atoms with E-state index in [0.717, 1.165) is 12.1 Å². The van der Waals surface area contributed by atoms with Gasteiger partial charge in [0.1, 0.15) is 0 Å². The van der Waals surface area contributed by atoms with Crippen molar-refractivity contribution in [1.29, 1.82) is 0 Å². The Morgan fingerprint density at radius 1 is 1.30 bits per heavy atom. The second-order valence-corrected chi connectivity index (χ2v) is 4.90. The fraction of sp³-hybridized carbons (Fsp3) is 0.500. The molecule has 0 bridgehead atoms. The highest BCUT2D eigenvalue weighted by molar-refractivity contribution is 5.83. The van der Waals surface area contributed by atoms with E-state index in [1.54, 1.807) is 6.07 Å². The number of methoxy groups -OCH3 is 1. The molecule has 110 valence electrons. The summed E-state index contributed by atoms with van der Waals surface area (Å²) in [6.45, 7) is 1.15. The van der Waals surface area contributed by atoms with E-state index in [2.05, 4.69) is 5.32 Å². The highest BCUT2D eigenvalue weighted by Crippen LogP contribution is 2.38. The highest BCUT2D eigenvalue weighted by atomic mass is 19.4. The first-order valence-electron chi connectivity index (χ1n) is 6.37. The molecule has 0 aromatic heterocycles. The third kappa shape index (κ3) is 2.65. The van der Waals surface area contributed by atoms with Crippen molar-refractivity contribution in [3.8, 4) is 0 Å². The number of hydrogen-bond donors (Lipinski definition) is 1. The monoisotopic (exact) mass is 287 g/mol. The summed E-state index contributed by atoms with van der Waals surface area (Å²) in [6.07, 6.45) is -3.55. The summed E-state index contributed by atoms with van der Waals surface area (Å²) < 4.78 is 43.3. The number of hydrogen-bond acceptors (Lipinski definition) is 3. The van der Waals surface area contributed by atoms with Crippen molar-refractivity contribution in [3.05, 3.63) is 35.4 Å². The van der Waals surface area contributed by atoms with E-state index in [9.17, 15) is 18.0 Å². The Labute approximate surface area is 115 Å². The van der Waals surface area contributed by atoms with Gasteiger partial charge in [0, 0.05) is 0 Å². The molecule has 3 nitrogen and oxygen atoms in total. The maximum atomic E-state index is 12.8. The fourth-order valence-electron chi connectivity index (χ4n) is 2.65. The summed E-state index contributed by atoms with van der Waals surface area (Å²) in [4.78, 5) is 12.1. The zero-order valence-electron chi connectivity index (χ0n) is 11.1. The third-order valence-electron chi connectivity index (χ3n) is 3.78. The van der Waals surface area contributed by atoms with Crippen LogP contribution >= 0.6 is 0 Å². The molecule has 0 saturated carbocycles. The van der Waals surface area contributed by atoms with Crippen LogP contribution in [0.5, 0.6) is 0 Å². The third-order valence-corrected chi connectivity index (χ3v) is 3.78. The number of carbonyl (C=O) groups is 1. The molecule has 2 rings (SSSR count). The van der Waals surface area contributed by atoms with Crippen molar-refractivity contribution < 1.29 is 22.7 Å². The lowest BCUT2D eigenvalue weighted by molar-refractivity contribution is -0.149. The van der Waals surface area contributed by atoms with E-state index < -0.39 is 23.1 Å². The van der Waals surface area contributed by atoms with Crippen LogP contribution in [-0.2, 0) is 21.1 Å². The van der Waals surface area contributed by atoms with Crippen molar-refractivity contribution in [2.75, 3.05) is 20.2 Å². The van der Waals surface area contributed by atoms with Gasteiger partial charge in [-0.15, -0.1) is 0 Å². The molecule has 0 radical (unpaired) electrons. The molecule has 20 heavy (non-hydrogen) atoms. The van der Waals surface area contributed by atoms with Crippen LogP contribution in [0.3, 0.4) is 0 Å². The number of benzene rings is 1. The van der Waals surface area contributed by atoms with E-state index in [-0.39, 0.29) is 0 Å². The lowest BCUT2D eigenvalue weighted by atomic mass is 9.73. The molecule has 1 aromatic carbocycles. The summed E-state index contributed by atoms with van der Waals surface area (Å²) in [6, 6.07) is 4.97. The Morgan fingerprint density at radius 3 is 2.50 bits per heavy atom. The van der Waals surface area contributed by atoms with E-state index in [1.165, 1.54) is 13.2 Å². The van der Waals surface area contributed by atoms with E-state index >= 15 is 0 Å². The predicted molar refractivity (Wildman–Crippen MR) is 67.2 cm³/mol. The summed E-state index contributed by atoms with van der Waals surface area (Å²) in [5, 5.41) is 3.10. The molecule has 0 amide bonds. The van der Waals surface area contributed by atoms with Gasteiger partial charge in [-0.1, -0.05) is 18.2 Å². The first-order valence-corrected chi connectivity index (χ1v) is 6.37. The number of esters is 1. The topological polar surface area (TPSA) is 38.3 Å². The summed E-state index contributed by atoms with van der Waals surface area (Å²) >= 11 is 0. The molecule has 1 aliphatic rings. The molecular weight excluding hydrogens is 271 g/mol. The van der Waals surface area contributed by atoms with Crippen LogP contribution < -0.4 is 5.32 Å². The second-order valence-electron chi connectivity index (χ2n) is 4.90.